The van der Waals surface area contributed by atoms with Crippen molar-refractivity contribution in [2.45, 2.75) is 19.8 Å². The van der Waals surface area contributed by atoms with Crippen LogP contribution in [0, 0.1) is 5.92 Å². The van der Waals surface area contributed by atoms with Gasteiger partial charge < -0.3 is 19.7 Å². The van der Waals surface area contributed by atoms with Crippen LogP contribution < -0.4 is 10.2 Å². The molecular weight excluding hydrogens is 480 g/mol. The summed E-state index contributed by atoms with van der Waals surface area (Å²) in [6.45, 7) is 1.98. The molecule has 0 radical (unpaired) electrons. The van der Waals surface area contributed by atoms with Gasteiger partial charge in [0.1, 0.15) is 0 Å². The zero-order chi connectivity index (χ0) is 23.1. The molecule has 1 heterocycles. The van der Waals surface area contributed by atoms with Gasteiger partial charge in [0.15, 0.2) is 6.61 Å². The van der Waals surface area contributed by atoms with Gasteiger partial charge in [-0.05, 0) is 55.0 Å². The van der Waals surface area contributed by atoms with Crippen molar-refractivity contribution in [1.29, 1.82) is 0 Å². The van der Waals surface area contributed by atoms with Gasteiger partial charge >= 0.3 is 11.9 Å². The Morgan fingerprint density at radius 2 is 1.75 bits per heavy atom. The maximum atomic E-state index is 12.3. The first-order valence-corrected chi connectivity index (χ1v) is 11.0. The average molecular weight is 503 g/mol. The number of carbonyl (C=O) groups excluding carboxylic acids is 4. The molecule has 0 spiro atoms. The topological polar surface area (TPSA) is 102 Å². The van der Waals surface area contributed by atoms with Crippen molar-refractivity contribution in [3.63, 3.8) is 0 Å². The molecule has 0 saturated carbocycles. The Morgan fingerprint density at radius 3 is 2.41 bits per heavy atom. The molecule has 9 heteroatoms. The van der Waals surface area contributed by atoms with Gasteiger partial charge in [-0.25, -0.2) is 4.79 Å². The molecule has 1 aliphatic heterocycles. The lowest BCUT2D eigenvalue weighted by Gasteiger charge is -2.16. The van der Waals surface area contributed by atoms with E-state index in [-0.39, 0.29) is 18.9 Å². The van der Waals surface area contributed by atoms with Crippen LogP contribution in [0.5, 0.6) is 0 Å². The van der Waals surface area contributed by atoms with Gasteiger partial charge in [-0.1, -0.05) is 22.9 Å². The lowest BCUT2D eigenvalue weighted by Crippen LogP contribution is -2.28. The second kappa shape index (κ2) is 10.9. The van der Waals surface area contributed by atoms with Crippen molar-refractivity contribution in [2.24, 2.45) is 5.92 Å². The first-order valence-electron chi connectivity index (χ1n) is 10.2. The number of nitrogens with one attached hydrogen (secondary N) is 1. The minimum absolute atomic E-state index is 0.0338. The Kier molecular flexibility index (Phi) is 7.99. The minimum Gasteiger partial charge on any atom is -0.462 e. The van der Waals surface area contributed by atoms with Crippen LogP contribution in [0.25, 0.3) is 0 Å². The Labute approximate surface area is 194 Å². The molecule has 3 rings (SSSR count). The van der Waals surface area contributed by atoms with Crippen LogP contribution in [-0.2, 0) is 23.9 Å². The maximum Gasteiger partial charge on any atom is 0.338 e. The van der Waals surface area contributed by atoms with E-state index in [1.165, 1.54) is 4.90 Å². The number of amides is 2. The molecule has 2 amide bonds. The number of ether oxygens (including phenoxy) is 2. The first kappa shape index (κ1) is 23.5. The highest BCUT2D eigenvalue weighted by molar-refractivity contribution is 9.10. The maximum absolute atomic E-state index is 12.3. The third kappa shape index (κ3) is 6.16. The van der Waals surface area contributed by atoms with Gasteiger partial charge in [0, 0.05) is 28.8 Å². The summed E-state index contributed by atoms with van der Waals surface area (Å²) >= 11 is 3.34. The number of nitrogens with zero attached hydrogens (tertiary/aromatic N) is 1. The summed E-state index contributed by atoms with van der Waals surface area (Å²) in [6, 6.07) is 13.4. The molecule has 8 nitrogen and oxygen atoms in total. The molecular formula is C23H23BrN2O6. The number of esters is 2. The second-order valence-electron chi connectivity index (χ2n) is 7.25. The Balaban J connectivity index is 1.46. The second-order valence-corrected chi connectivity index (χ2v) is 8.17. The number of carbonyl (C=O) groups is 4. The molecule has 1 atom stereocenters. The first-order chi connectivity index (χ1) is 15.4. The largest absolute Gasteiger partial charge is 0.462 e. The lowest BCUT2D eigenvalue weighted by atomic mass is 10.1. The molecule has 32 heavy (non-hydrogen) atoms. The van der Waals surface area contributed by atoms with Gasteiger partial charge in [0.05, 0.1) is 18.1 Å². The Hall–Kier alpha value is -3.20. The number of halogens is 1. The minimum atomic E-state index is -0.632. The fraction of sp³-hybridized carbons (Fsp3) is 0.304. The molecule has 0 aromatic heterocycles. The van der Waals surface area contributed by atoms with Crippen molar-refractivity contribution < 1.29 is 28.7 Å². The van der Waals surface area contributed by atoms with E-state index in [1.807, 2.05) is 19.1 Å². The monoisotopic (exact) mass is 502 g/mol. The summed E-state index contributed by atoms with van der Waals surface area (Å²) in [5, 5.41) is 2.60. The van der Waals surface area contributed by atoms with Crippen molar-refractivity contribution in [2.75, 3.05) is 30.0 Å². The van der Waals surface area contributed by atoms with Crippen molar-refractivity contribution in [1.82, 2.24) is 0 Å². The number of hydrogen-bond donors (Lipinski definition) is 1. The molecule has 1 N–H and O–H groups in total. The molecule has 0 bridgehead atoms. The van der Waals surface area contributed by atoms with Gasteiger partial charge in [-0.15, -0.1) is 0 Å². The number of anilines is 2. The van der Waals surface area contributed by atoms with Crippen LogP contribution in [0.4, 0.5) is 11.4 Å². The van der Waals surface area contributed by atoms with Gasteiger partial charge in [-0.3, -0.25) is 14.4 Å². The van der Waals surface area contributed by atoms with Crippen LogP contribution >= 0.6 is 15.9 Å². The number of benzene rings is 2. The van der Waals surface area contributed by atoms with Gasteiger partial charge in [0.2, 0.25) is 5.91 Å². The predicted octanol–water partition coefficient (Wildman–Crippen LogP) is 3.55. The standard InChI is InChI=1S/C23H23BrN2O6/c1-2-11-31-22(29)15-3-7-18(8-4-15)25-20(27)14-32-23(30)16-12-21(28)26(13-16)19-9-5-17(24)6-10-19/h3-10,16H,2,11-14H2,1H3,(H,25,27)/t16-/m0/s1. The SMILES string of the molecule is CCCOC(=O)c1ccc(NC(=O)COC(=O)[C@H]2CC(=O)N(c3ccc(Br)cc3)C2)cc1. The Bertz CT molecular complexity index is 991. The van der Waals surface area contributed by atoms with Crippen LogP contribution in [0.2, 0.25) is 0 Å². The zero-order valence-electron chi connectivity index (χ0n) is 17.5. The molecule has 1 aliphatic rings. The number of rotatable bonds is 8. The van der Waals surface area contributed by atoms with Crippen LogP contribution in [-0.4, -0.2) is 43.5 Å². The number of hydrogen-bond acceptors (Lipinski definition) is 6. The van der Waals surface area contributed by atoms with E-state index in [9.17, 15) is 19.2 Å². The summed E-state index contributed by atoms with van der Waals surface area (Å²) in [6.07, 6.45) is 0.766. The third-order valence-electron chi connectivity index (χ3n) is 4.78. The lowest BCUT2D eigenvalue weighted by molar-refractivity contribution is -0.151. The van der Waals surface area contributed by atoms with E-state index < -0.39 is 30.4 Å². The average Bonchev–Trinajstić information content (AvgIpc) is 3.18. The summed E-state index contributed by atoms with van der Waals surface area (Å²) in [5.41, 5.74) is 1.54. The van der Waals surface area contributed by atoms with E-state index in [0.29, 0.717) is 23.5 Å². The highest BCUT2D eigenvalue weighted by Gasteiger charge is 2.36. The highest BCUT2D eigenvalue weighted by atomic mass is 79.9. The fourth-order valence-electron chi connectivity index (χ4n) is 3.16. The van der Waals surface area contributed by atoms with E-state index in [2.05, 4.69) is 21.2 Å². The highest BCUT2D eigenvalue weighted by Crippen LogP contribution is 2.27. The normalized spacial score (nSPS) is 15.4. The van der Waals surface area contributed by atoms with E-state index in [1.54, 1.807) is 36.4 Å². The molecule has 0 aliphatic carbocycles. The van der Waals surface area contributed by atoms with Crippen molar-refractivity contribution in [3.05, 3.63) is 58.6 Å². The third-order valence-corrected chi connectivity index (χ3v) is 5.31. The predicted molar refractivity (Wildman–Crippen MR) is 121 cm³/mol. The van der Waals surface area contributed by atoms with Crippen LogP contribution in [0.15, 0.2) is 53.0 Å². The summed E-state index contributed by atoms with van der Waals surface area (Å²) in [4.78, 5) is 50.1. The quantitative estimate of drug-likeness (QED) is 0.553. The molecule has 0 unspecified atom stereocenters. The molecule has 2 aromatic carbocycles. The van der Waals surface area contributed by atoms with Crippen LogP contribution in [0.1, 0.15) is 30.1 Å². The molecule has 168 valence electrons. The zero-order valence-corrected chi connectivity index (χ0v) is 19.1. The summed E-state index contributed by atoms with van der Waals surface area (Å²) in [5.74, 6) is -2.35. The Morgan fingerprint density at radius 1 is 1.06 bits per heavy atom. The molecule has 1 saturated heterocycles. The van der Waals surface area contributed by atoms with Crippen molar-refractivity contribution >= 4 is 51.1 Å². The summed E-state index contributed by atoms with van der Waals surface area (Å²) < 4.78 is 11.0. The van der Waals surface area contributed by atoms with Gasteiger partial charge in [0.25, 0.3) is 5.91 Å². The molecule has 1 fully saturated rings. The van der Waals surface area contributed by atoms with Gasteiger partial charge in [-0.2, -0.15) is 0 Å². The smallest absolute Gasteiger partial charge is 0.338 e. The molecule has 2 aromatic rings. The van der Waals surface area contributed by atoms with E-state index >= 15 is 0 Å². The van der Waals surface area contributed by atoms with Crippen LogP contribution in [0.3, 0.4) is 0 Å². The fourth-order valence-corrected chi connectivity index (χ4v) is 3.42. The van der Waals surface area contributed by atoms with E-state index in [4.69, 9.17) is 9.47 Å². The van der Waals surface area contributed by atoms with E-state index in [0.717, 1.165) is 10.9 Å². The van der Waals surface area contributed by atoms with Crippen molar-refractivity contribution in [3.8, 4) is 0 Å². The summed E-state index contributed by atoms with van der Waals surface area (Å²) in [7, 11) is 0.